The number of anilines is 1. The Morgan fingerprint density at radius 2 is 1.85 bits per heavy atom. The Morgan fingerprint density at radius 3 is 2.58 bits per heavy atom. The monoisotopic (exact) mass is 470 g/mol. The number of sulfonamides is 1. The van der Waals surface area contributed by atoms with E-state index in [1.165, 1.54) is 14.8 Å². The minimum absolute atomic E-state index is 0.0813. The number of hydrogen-bond acceptors (Lipinski definition) is 5. The molecule has 1 aromatic heterocycles. The van der Waals surface area contributed by atoms with Crippen molar-refractivity contribution in [2.24, 2.45) is 5.92 Å². The maximum atomic E-state index is 13.1. The van der Waals surface area contributed by atoms with Gasteiger partial charge in [-0.3, -0.25) is 9.59 Å². The van der Waals surface area contributed by atoms with Crippen molar-refractivity contribution in [3.05, 3.63) is 53.2 Å². The normalized spacial score (nSPS) is 16.9. The van der Waals surface area contributed by atoms with Gasteiger partial charge in [0, 0.05) is 32.3 Å². The van der Waals surface area contributed by atoms with Crippen molar-refractivity contribution in [3.8, 4) is 0 Å². The molecule has 2 aromatic rings. The number of amides is 2. The number of piperidine rings is 1. The van der Waals surface area contributed by atoms with Crippen LogP contribution < -0.4 is 5.32 Å². The predicted molar refractivity (Wildman–Crippen MR) is 125 cm³/mol. The van der Waals surface area contributed by atoms with E-state index < -0.39 is 10.0 Å². The van der Waals surface area contributed by atoms with Crippen LogP contribution in [0, 0.1) is 12.8 Å². The van der Waals surface area contributed by atoms with E-state index in [-0.39, 0.29) is 24.3 Å². The molecule has 1 aliphatic heterocycles. The molecule has 0 radical (unpaired) electrons. The molecule has 9 heteroatoms. The average Bonchev–Trinajstić information content (AvgIpc) is 3.26. The van der Waals surface area contributed by atoms with Crippen LogP contribution in [0.4, 0.5) is 5.82 Å². The number of fused-ring (bicyclic) bond motifs is 1. The summed E-state index contributed by atoms with van der Waals surface area (Å²) in [5, 5.41) is 2.70. The second kappa shape index (κ2) is 9.61. The molecule has 1 saturated heterocycles. The van der Waals surface area contributed by atoms with Crippen LogP contribution in [0.15, 0.2) is 41.4 Å². The van der Waals surface area contributed by atoms with Crippen LogP contribution in [-0.2, 0) is 32.5 Å². The number of pyridine rings is 1. The summed E-state index contributed by atoms with van der Waals surface area (Å²) in [6.07, 6.45) is 5.50. The quantitative estimate of drug-likeness (QED) is 0.699. The molecule has 0 saturated carbocycles. The molecule has 8 nitrogen and oxygen atoms in total. The van der Waals surface area contributed by atoms with Crippen molar-refractivity contribution < 1.29 is 18.0 Å². The summed E-state index contributed by atoms with van der Waals surface area (Å²) in [5.41, 5.74) is 3.34. The first-order valence-corrected chi connectivity index (χ1v) is 12.8. The Balaban J connectivity index is 1.31. The fourth-order valence-corrected chi connectivity index (χ4v) is 6.11. The average molecular weight is 471 g/mol. The second-order valence-corrected chi connectivity index (χ2v) is 10.9. The van der Waals surface area contributed by atoms with E-state index in [2.05, 4.69) is 10.3 Å². The van der Waals surface area contributed by atoms with Gasteiger partial charge in [0.05, 0.1) is 11.4 Å². The molecule has 1 aromatic carbocycles. The molecule has 1 fully saturated rings. The Bertz CT molecular complexity index is 1160. The second-order valence-electron chi connectivity index (χ2n) is 8.92. The first-order valence-electron chi connectivity index (χ1n) is 11.3. The van der Waals surface area contributed by atoms with Gasteiger partial charge >= 0.3 is 0 Å². The van der Waals surface area contributed by atoms with Gasteiger partial charge in [0.1, 0.15) is 5.82 Å². The smallest absolute Gasteiger partial charge is 0.245 e. The van der Waals surface area contributed by atoms with Crippen molar-refractivity contribution in [1.82, 2.24) is 14.2 Å². The van der Waals surface area contributed by atoms with Crippen LogP contribution in [0.5, 0.6) is 0 Å². The van der Waals surface area contributed by atoms with Crippen LogP contribution in [-0.4, -0.2) is 61.1 Å². The Labute approximate surface area is 195 Å². The van der Waals surface area contributed by atoms with E-state index in [4.69, 9.17) is 0 Å². The maximum Gasteiger partial charge on any atom is 0.245 e. The topological polar surface area (TPSA) is 99.7 Å². The summed E-state index contributed by atoms with van der Waals surface area (Å²) in [5.74, 6) is -0.310. The molecule has 0 atom stereocenters. The molecule has 1 aliphatic carbocycles. The fourth-order valence-electron chi connectivity index (χ4n) is 4.59. The van der Waals surface area contributed by atoms with E-state index in [0.717, 1.165) is 30.4 Å². The number of nitrogens with one attached hydrogen (secondary N) is 1. The highest BCUT2D eigenvalue weighted by atomic mass is 32.2. The minimum Gasteiger partial charge on any atom is -0.336 e. The van der Waals surface area contributed by atoms with Gasteiger partial charge in [0.25, 0.3) is 0 Å². The Morgan fingerprint density at radius 1 is 1.12 bits per heavy atom. The summed E-state index contributed by atoms with van der Waals surface area (Å²) in [6.45, 7) is 2.41. The first-order chi connectivity index (χ1) is 15.7. The molecular formula is C24H30N4O4S. The lowest BCUT2D eigenvalue weighted by Crippen LogP contribution is -2.45. The summed E-state index contributed by atoms with van der Waals surface area (Å²) >= 11 is 0. The van der Waals surface area contributed by atoms with Crippen LogP contribution in [0.3, 0.4) is 0 Å². The van der Waals surface area contributed by atoms with E-state index in [1.807, 2.05) is 25.1 Å². The third kappa shape index (κ3) is 5.25. The van der Waals surface area contributed by atoms with Gasteiger partial charge in [-0.15, -0.1) is 0 Å². The van der Waals surface area contributed by atoms with Crippen molar-refractivity contribution >= 4 is 27.7 Å². The zero-order chi connectivity index (χ0) is 23.6. The lowest BCUT2D eigenvalue weighted by Gasteiger charge is -2.32. The number of aryl methyl sites for hydroxylation is 3. The highest BCUT2D eigenvalue weighted by Crippen LogP contribution is 2.29. The molecular weight excluding hydrogens is 440 g/mol. The molecule has 2 amide bonds. The predicted octanol–water partition coefficient (Wildman–Crippen LogP) is 2.38. The molecule has 33 heavy (non-hydrogen) atoms. The number of carbonyl (C=O) groups is 2. The van der Waals surface area contributed by atoms with Crippen molar-refractivity contribution in [2.75, 3.05) is 32.0 Å². The van der Waals surface area contributed by atoms with Crippen LogP contribution in [0.1, 0.15) is 36.0 Å². The molecule has 2 aliphatic rings. The number of likely N-dealkylation sites (N-methyl/N-ethyl adjacent to an activating group) is 1. The SMILES string of the molecule is Cc1ccnc(NC(=O)CN(C)C(=O)C2CCN(S(=O)(=O)c3ccc4c(c3)CCC4)CC2)c1. The standard InChI is InChI=1S/C24H30N4O4S/c1-17-8-11-25-22(14-17)26-23(29)16-27(2)24(30)19-9-12-28(13-10-19)33(31,32)21-7-6-18-4-3-5-20(18)15-21/h6-8,11,14-15,19H,3-5,9-10,12-13,16H2,1-2H3,(H,25,26,29). The van der Waals surface area contributed by atoms with Gasteiger partial charge in [-0.05, 0) is 80.0 Å². The van der Waals surface area contributed by atoms with Crippen LogP contribution in [0.25, 0.3) is 0 Å². The highest BCUT2D eigenvalue weighted by Gasteiger charge is 2.34. The lowest BCUT2D eigenvalue weighted by molar-refractivity contribution is -0.138. The number of nitrogens with zero attached hydrogens (tertiary/aromatic N) is 3. The Kier molecular flexibility index (Phi) is 6.81. The molecule has 0 unspecified atom stereocenters. The number of hydrogen-bond donors (Lipinski definition) is 1. The molecule has 1 N–H and O–H groups in total. The Hall–Kier alpha value is -2.78. The fraction of sp³-hybridized carbons (Fsp3) is 0.458. The van der Waals surface area contributed by atoms with Gasteiger partial charge in [0.2, 0.25) is 21.8 Å². The van der Waals surface area contributed by atoms with Crippen molar-refractivity contribution in [1.29, 1.82) is 0 Å². The molecule has 176 valence electrons. The highest BCUT2D eigenvalue weighted by molar-refractivity contribution is 7.89. The third-order valence-electron chi connectivity index (χ3n) is 6.45. The lowest BCUT2D eigenvalue weighted by atomic mass is 9.96. The first kappa shape index (κ1) is 23.4. The molecule has 0 spiro atoms. The summed E-state index contributed by atoms with van der Waals surface area (Å²) in [7, 11) is -1.98. The number of aromatic nitrogens is 1. The third-order valence-corrected chi connectivity index (χ3v) is 8.35. The summed E-state index contributed by atoms with van der Waals surface area (Å²) in [6, 6.07) is 9.04. The van der Waals surface area contributed by atoms with Gasteiger partial charge in [-0.25, -0.2) is 13.4 Å². The van der Waals surface area contributed by atoms with E-state index >= 15 is 0 Å². The molecule has 0 bridgehead atoms. The number of benzene rings is 1. The van der Waals surface area contributed by atoms with Gasteiger partial charge < -0.3 is 10.2 Å². The van der Waals surface area contributed by atoms with E-state index in [1.54, 1.807) is 25.4 Å². The van der Waals surface area contributed by atoms with Crippen LogP contribution in [0.2, 0.25) is 0 Å². The van der Waals surface area contributed by atoms with Gasteiger partial charge in [-0.1, -0.05) is 6.07 Å². The summed E-state index contributed by atoms with van der Waals surface area (Å²) < 4.78 is 27.7. The minimum atomic E-state index is -3.57. The van der Waals surface area contributed by atoms with Gasteiger partial charge in [0.15, 0.2) is 0 Å². The van der Waals surface area contributed by atoms with E-state index in [9.17, 15) is 18.0 Å². The molecule has 4 rings (SSSR count). The number of rotatable bonds is 6. The van der Waals surface area contributed by atoms with Gasteiger partial charge in [-0.2, -0.15) is 4.31 Å². The zero-order valence-electron chi connectivity index (χ0n) is 19.1. The molecule has 2 heterocycles. The maximum absolute atomic E-state index is 13.1. The van der Waals surface area contributed by atoms with Crippen molar-refractivity contribution in [2.45, 2.75) is 43.9 Å². The zero-order valence-corrected chi connectivity index (χ0v) is 19.9. The number of carbonyl (C=O) groups excluding carboxylic acids is 2. The van der Waals surface area contributed by atoms with E-state index in [0.29, 0.717) is 36.6 Å². The largest absolute Gasteiger partial charge is 0.336 e. The van der Waals surface area contributed by atoms with Crippen molar-refractivity contribution in [3.63, 3.8) is 0 Å². The summed E-state index contributed by atoms with van der Waals surface area (Å²) in [4.78, 5) is 31.0. The van der Waals surface area contributed by atoms with Crippen LogP contribution >= 0.6 is 0 Å².